The molecule has 28 heavy (non-hydrogen) atoms. The quantitative estimate of drug-likeness (QED) is 0.654. The molecule has 0 aliphatic heterocycles. The summed E-state index contributed by atoms with van der Waals surface area (Å²) < 4.78 is 26.7. The van der Waals surface area contributed by atoms with E-state index in [1.54, 1.807) is 12.1 Å². The van der Waals surface area contributed by atoms with E-state index in [9.17, 15) is 13.2 Å². The topological polar surface area (TPSA) is 87.3 Å². The lowest BCUT2D eigenvalue weighted by molar-refractivity contribution is 0.0981. The Kier molecular flexibility index (Phi) is 6.72. The molecule has 152 valence electrons. The molecular weight excluding hydrogens is 374 g/mol. The van der Waals surface area contributed by atoms with Crippen molar-refractivity contribution in [3.8, 4) is 0 Å². The normalized spacial score (nSPS) is 11.8. The Morgan fingerprint density at radius 3 is 2.18 bits per heavy atom. The number of carbonyl (C=O) groups excluding carboxylic acids is 1. The molecule has 0 aromatic heterocycles. The van der Waals surface area contributed by atoms with Crippen LogP contribution in [0, 0.1) is 6.92 Å². The Morgan fingerprint density at radius 2 is 1.64 bits per heavy atom. The number of hydrogen-bond donors (Lipinski definition) is 3. The van der Waals surface area contributed by atoms with Gasteiger partial charge in [0.2, 0.25) is 0 Å². The van der Waals surface area contributed by atoms with Gasteiger partial charge in [0.1, 0.15) is 5.88 Å². The van der Waals surface area contributed by atoms with Gasteiger partial charge in [-0.25, -0.2) is 13.1 Å². The molecule has 7 heteroatoms. The van der Waals surface area contributed by atoms with Gasteiger partial charge in [0.15, 0.2) is 0 Å². The molecular formula is C21H29N3O3S. The molecule has 0 radical (unpaired) electrons. The van der Waals surface area contributed by atoms with E-state index < -0.39 is 15.9 Å². The van der Waals surface area contributed by atoms with Gasteiger partial charge in [0.25, 0.3) is 15.9 Å². The van der Waals surface area contributed by atoms with Crippen LogP contribution in [-0.2, 0) is 15.4 Å². The number of hydrogen-bond acceptors (Lipinski definition) is 5. The number of sulfonamides is 1. The van der Waals surface area contributed by atoms with Crippen molar-refractivity contribution >= 4 is 27.3 Å². The third-order valence-corrected chi connectivity index (χ3v) is 5.34. The molecule has 0 saturated carbocycles. The molecule has 0 saturated heterocycles. The highest BCUT2D eigenvalue weighted by Gasteiger charge is 2.18. The number of carbonyl (C=O) groups is 1. The van der Waals surface area contributed by atoms with Crippen LogP contribution < -0.4 is 15.4 Å². The van der Waals surface area contributed by atoms with E-state index in [0.29, 0.717) is 11.3 Å². The van der Waals surface area contributed by atoms with Gasteiger partial charge in [0, 0.05) is 23.5 Å². The van der Waals surface area contributed by atoms with Crippen LogP contribution >= 0.6 is 0 Å². The van der Waals surface area contributed by atoms with Crippen LogP contribution in [0.15, 0.2) is 42.5 Å². The lowest BCUT2D eigenvalue weighted by Gasteiger charge is -2.19. The van der Waals surface area contributed by atoms with Gasteiger partial charge < -0.3 is 10.6 Å². The molecule has 2 aromatic carbocycles. The number of aryl methyl sites for hydroxylation is 1. The predicted molar refractivity (Wildman–Crippen MR) is 115 cm³/mol. The molecule has 0 fully saturated rings. The second-order valence-electron chi connectivity index (χ2n) is 7.75. The Bertz CT molecular complexity index is 930. The monoisotopic (exact) mass is 403 g/mol. The summed E-state index contributed by atoms with van der Waals surface area (Å²) in [5.74, 6) is -1.03. The standard InChI is InChI=1S/C21H29N3O3S/c1-6-22-18-11-12-19(15(2)13-18)23-14-28(26,27)24-20(25)16-7-9-17(10-8-16)21(3,4)5/h7-13,22-23H,6,14H2,1-5H3,(H,24,25). The fourth-order valence-corrected chi connectivity index (χ4v) is 3.52. The summed E-state index contributed by atoms with van der Waals surface area (Å²) in [6, 6.07) is 12.6. The van der Waals surface area contributed by atoms with Crippen LogP contribution in [0.25, 0.3) is 0 Å². The van der Waals surface area contributed by atoms with Crippen molar-refractivity contribution in [2.24, 2.45) is 0 Å². The van der Waals surface area contributed by atoms with E-state index >= 15 is 0 Å². The molecule has 0 aliphatic carbocycles. The lowest BCUT2D eigenvalue weighted by Crippen LogP contribution is -2.35. The SMILES string of the molecule is CCNc1ccc(NCS(=O)(=O)NC(=O)c2ccc(C(C)(C)C)cc2)c(C)c1. The number of anilines is 2. The molecule has 3 N–H and O–H groups in total. The van der Waals surface area contributed by atoms with Crippen molar-refractivity contribution in [2.75, 3.05) is 23.1 Å². The van der Waals surface area contributed by atoms with Gasteiger partial charge in [-0.1, -0.05) is 32.9 Å². The smallest absolute Gasteiger partial charge is 0.264 e. The van der Waals surface area contributed by atoms with Crippen molar-refractivity contribution < 1.29 is 13.2 Å². The summed E-state index contributed by atoms with van der Waals surface area (Å²) in [6.07, 6.45) is 0. The Hall–Kier alpha value is -2.54. The lowest BCUT2D eigenvalue weighted by atomic mass is 9.87. The Morgan fingerprint density at radius 1 is 1.00 bits per heavy atom. The van der Waals surface area contributed by atoms with Crippen LogP contribution in [0.3, 0.4) is 0 Å². The minimum Gasteiger partial charge on any atom is -0.385 e. The zero-order valence-corrected chi connectivity index (χ0v) is 17.9. The van der Waals surface area contributed by atoms with Crippen LogP contribution in [0.1, 0.15) is 49.2 Å². The average Bonchev–Trinajstić information content (AvgIpc) is 2.60. The number of rotatable bonds is 7. The fraction of sp³-hybridized carbons (Fsp3) is 0.381. The van der Waals surface area contributed by atoms with Crippen molar-refractivity contribution in [1.82, 2.24) is 4.72 Å². The van der Waals surface area contributed by atoms with Crippen LogP contribution in [-0.4, -0.2) is 26.7 Å². The third-order valence-electron chi connectivity index (χ3n) is 4.32. The molecule has 0 spiro atoms. The largest absolute Gasteiger partial charge is 0.385 e. The Balaban J connectivity index is 2.00. The number of amides is 1. The first kappa shape index (κ1) is 21.8. The first-order valence-electron chi connectivity index (χ1n) is 9.25. The molecule has 6 nitrogen and oxygen atoms in total. The van der Waals surface area contributed by atoms with Crippen LogP contribution in [0.2, 0.25) is 0 Å². The summed E-state index contributed by atoms with van der Waals surface area (Å²) in [7, 11) is -3.83. The van der Waals surface area contributed by atoms with Crippen molar-refractivity contribution in [2.45, 2.75) is 40.0 Å². The number of nitrogens with one attached hydrogen (secondary N) is 3. The Labute approximate surface area is 167 Å². The van der Waals surface area contributed by atoms with Gasteiger partial charge in [-0.05, 0) is 60.7 Å². The van der Waals surface area contributed by atoms with Crippen molar-refractivity contribution in [3.63, 3.8) is 0 Å². The van der Waals surface area contributed by atoms with Gasteiger partial charge in [0.05, 0.1) is 0 Å². The van der Waals surface area contributed by atoms with Gasteiger partial charge in [-0.2, -0.15) is 0 Å². The summed E-state index contributed by atoms with van der Waals surface area (Å²) in [4.78, 5) is 12.3. The van der Waals surface area contributed by atoms with E-state index in [1.165, 1.54) is 0 Å². The molecule has 2 rings (SSSR count). The van der Waals surface area contributed by atoms with Gasteiger partial charge >= 0.3 is 0 Å². The van der Waals surface area contributed by atoms with E-state index in [4.69, 9.17) is 0 Å². The molecule has 0 heterocycles. The summed E-state index contributed by atoms with van der Waals surface area (Å²) >= 11 is 0. The first-order valence-corrected chi connectivity index (χ1v) is 10.9. The summed E-state index contributed by atoms with van der Waals surface area (Å²) in [5, 5.41) is 6.08. The van der Waals surface area contributed by atoms with E-state index in [-0.39, 0.29) is 11.3 Å². The van der Waals surface area contributed by atoms with Crippen molar-refractivity contribution in [3.05, 3.63) is 59.2 Å². The third kappa shape index (κ3) is 5.99. The van der Waals surface area contributed by atoms with E-state index in [2.05, 4.69) is 36.1 Å². The number of benzene rings is 2. The second-order valence-corrected chi connectivity index (χ2v) is 9.48. The van der Waals surface area contributed by atoms with Gasteiger partial charge in [-0.15, -0.1) is 0 Å². The second kappa shape index (κ2) is 8.65. The fourth-order valence-electron chi connectivity index (χ4n) is 2.71. The van der Waals surface area contributed by atoms with E-state index in [0.717, 1.165) is 23.4 Å². The maximum atomic E-state index is 12.3. The van der Waals surface area contributed by atoms with Gasteiger partial charge in [-0.3, -0.25) is 4.79 Å². The highest BCUT2D eigenvalue weighted by molar-refractivity contribution is 7.90. The maximum absolute atomic E-state index is 12.3. The molecule has 0 aliphatic rings. The van der Waals surface area contributed by atoms with Crippen molar-refractivity contribution in [1.29, 1.82) is 0 Å². The summed E-state index contributed by atoms with van der Waals surface area (Å²) in [6.45, 7) is 10.9. The first-order chi connectivity index (χ1) is 13.0. The molecule has 2 aromatic rings. The van der Waals surface area contributed by atoms with Crippen LogP contribution in [0.4, 0.5) is 11.4 Å². The minimum atomic E-state index is -3.83. The molecule has 0 atom stereocenters. The highest BCUT2D eigenvalue weighted by atomic mass is 32.2. The highest BCUT2D eigenvalue weighted by Crippen LogP contribution is 2.22. The summed E-state index contributed by atoms with van der Waals surface area (Å²) in [5.41, 5.74) is 3.94. The minimum absolute atomic E-state index is 0.0366. The predicted octanol–water partition coefficient (Wildman–Crippen LogP) is 3.85. The van der Waals surface area contributed by atoms with E-state index in [1.807, 2.05) is 44.2 Å². The zero-order valence-electron chi connectivity index (χ0n) is 17.1. The molecule has 0 bridgehead atoms. The van der Waals surface area contributed by atoms with Crippen LogP contribution in [0.5, 0.6) is 0 Å². The average molecular weight is 404 g/mol. The molecule has 0 unspecified atom stereocenters. The zero-order chi connectivity index (χ0) is 20.9. The maximum Gasteiger partial charge on any atom is 0.264 e. The molecule has 1 amide bonds.